The second kappa shape index (κ2) is 9.41. The second-order valence-corrected chi connectivity index (χ2v) is 10.9. The quantitative estimate of drug-likeness (QED) is 0.466. The number of rotatable bonds is 6. The zero-order chi connectivity index (χ0) is 26.3. The van der Waals surface area contributed by atoms with Crippen LogP contribution in [-0.4, -0.2) is 36.4 Å². The number of carbonyl (C=O) groups excluding carboxylic acids is 1. The SMILES string of the molecule is CC1CN(c2ncccc2C(=O)NS(=O)(=O)c2cccc(Nc3cc(F)c(F)cc3F)n2)C(C)(C)C1. The zero-order valence-electron chi connectivity index (χ0n) is 19.7. The first-order valence-corrected chi connectivity index (χ1v) is 12.5. The largest absolute Gasteiger partial charge is 0.351 e. The summed E-state index contributed by atoms with van der Waals surface area (Å²) in [5.41, 5.74) is -0.637. The van der Waals surface area contributed by atoms with Gasteiger partial charge < -0.3 is 10.2 Å². The van der Waals surface area contributed by atoms with Crippen molar-refractivity contribution in [3.63, 3.8) is 0 Å². The molecule has 2 aromatic heterocycles. The lowest BCUT2D eigenvalue weighted by Crippen LogP contribution is -2.41. The Bertz CT molecular complexity index is 1430. The molecule has 0 saturated carbocycles. The van der Waals surface area contributed by atoms with Gasteiger partial charge in [-0.2, -0.15) is 8.42 Å². The Hall–Kier alpha value is -3.67. The third-order valence-electron chi connectivity index (χ3n) is 5.86. The number of benzene rings is 1. The monoisotopic (exact) mass is 519 g/mol. The van der Waals surface area contributed by atoms with Gasteiger partial charge in [-0.25, -0.2) is 27.9 Å². The molecule has 190 valence electrons. The van der Waals surface area contributed by atoms with Crippen LogP contribution in [0.1, 0.15) is 37.6 Å². The van der Waals surface area contributed by atoms with E-state index >= 15 is 0 Å². The zero-order valence-corrected chi connectivity index (χ0v) is 20.5. The van der Waals surface area contributed by atoms with E-state index in [0.717, 1.165) is 12.5 Å². The van der Waals surface area contributed by atoms with Crippen LogP contribution >= 0.6 is 0 Å². The standard InChI is InChI=1S/C24H24F3N5O3S/c1-14-12-24(2,3)32(13-14)22-15(6-5-9-28-22)23(33)31-36(34,35)21-8-4-7-20(30-21)29-19-11-17(26)16(25)10-18(19)27/h4-11,14H,12-13H2,1-3H3,(H,29,30)(H,31,33). The number of amides is 1. The van der Waals surface area contributed by atoms with Crippen LogP contribution in [-0.2, 0) is 10.0 Å². The summed E-state index contributed by atoms with van der Waals surface area (Å²) >= 11 is 0. The van der Waals surface area contributed by atoms with Crippen LogP contribution < -0.4 is 14.9 Å². The minimum Gasteiger partial charge on any atom is -0.351 e. The number of hydrogen-bond acceptors (Lipinski definition) is 7. The van der Waals surface area contributed by atoms with Crippen molar-refractivity contribution < 1.29 is 26.4 Å². The minimum atomic E-state index is -4.45. The molecule has 2 N–H and O–H groups in total. The summed E-state index contributed by atoms with van der Waals surface area (Å²) in [5, 5.41) is 1.87. The maximum Gasteiger partial charge on any atom is 0.281 e. The summed E-state index contributed by atoms with van der Waals surface area (Å²) in [6.45, 7) is 6.81. The van der Waals surface area contributed by atoms with Crippen molar-refractivity contribution in [1.82, 2.24) is 14.7 Å². The van der Waals surface area contributed by atoms with E-state index in [1.807, 2.05) is 23.5 Å². The Balaban J connectivity index is 1.59. The number of anilines is 3. The van der Waals surface area contributed by atoms with Gasteiger partial charge in [0.1, 0.15) is 17.5 Å². The normalized spacial score (nSPS) is 17.2. The molecule has 3 heterocycles. The van der Waals surface area contributed by atoms with E-state index in [-0.39, 0.29) is 16.9 Å². The van der Waals surface area contributed by atoms with Crippen LogP contribution in [0.4, 0.5) is 30.5 Å². The van der Waals surface area contributed by atoms with Crippen molar-refractivity contribution in [2.24, 2.45) is 5.92 Å². The summed E-state index contributed by atoms with van der Waals surface area (Å²) in [7, 11) is -4.45. The molecule has 4 rings (SSSR count). The van der Waals surface area contributed by atoms with Gasteiger partial charge in [-0.3, -0.25) is 4.79 Å². The number of halogens is 3. The molecule has 1 atom stereocenters. The maximum absolute atomic E-state index is 14.0. The number of nitrogens with one attached hydrogen (secondary N) is 2. The molecule has 0 radical (unpaired) electrons. The van der Waals surface area contributed by atoms with E-state index in [1.54, 1.807) is 0 Å². The Morgan fingerprint density at radius 3 is 2.50 bits per heavy atom. The van der Waals surface area contributed by atoms with Crippen molar-refractivity contribution in [3.05, 3.63) is 71.7 Å². The predicted molar refractivity (Wildman–Crippen MR) is 128 cm³/mol. The molecular weight excluding hydrogens is 495 g/mol. The molecule has 36 heavy (non-hydrogen) atoms. The first-order valence-electron chi connectivity index (χ1n) is 11.1. The van der Waals surface area contributed by atoms with E-state index in [2.05, 4.69) is 22.2 Å². The number of hydrogen-bond donors (Lipinski definition) is 2. The molecule has 0 bridgehead atoms. The molecule has 1 saturated heterocycles. The lowest BCUT2D eigenvalue weighted by molar-refractivity contribution is 0.0981. The lowest BCUT2D eigenvalue weighted by Gasteiger charge is -2.33. The van der Waals surface area contributed by atoms with E-state index < -0.39 is 44.1 Å². The predicted octanol–water partition coefficient (Wildman–Crippen LogP) is 4.38. The fraction of sp³-hybridized carbons (Fsp3) is 0.292. The lowest BCUT2D eigenvalue weighted by atomic mass is 9.97. The first kappa shape index (κ1) is 25.4. The Morgan fingerprint density at radius 1 is 1.08 bits per heavy atom. The molecule has 12 heteroatoms. The average Bonchev–Trinajstić information content (AvgIpc) is 3.09. The minimum absolute atomic E-state index is 0.0846. The smallest absolute Gasteiger partial charge is 0.281 e. The average molecular weight is 520 g/mol. The summed E-state index contributed by atoms with van der Waals surface area (Å²) < 4.78 is 68.6. The third-order valence-corrected chi connectivity index (χ3v) is 7.09. The van der Waals surface area contributed by atoms with Gasteiger partial charge in [0.25, 0.3) is 15.9 Å². The Morgan fingerprint density at radius 2 is 1.81 bits per heavy atom. The summed E-state index contributed by atoms with van der Waals surface area (Å²) in [5.74, 6) is -4.08. The topological polar surface area (TPSA) is 104 Å². The maximum atomic E-state index is 14.0. The van der Waals surface area contributed by atoms with Gasteiger partial charge >= 0.3 is 0 Å². The van der Waals surface area contributed by atoms with Crippen LogP contribution in [0.2, 0.25) is 0 Å². The molecule has 1 unspecified atom stereocenters. The molecule has 3 aromatic rings. The number of pyridine rings is 2. The van der Waals surface area contributed by atoms with E-state index in [9.17, 15) is 26.4 Å². The molecule has 0 aliphatic carbocycles. The van der Waals surface area contributed by atoms with Crippen LogP contribution in [0.15, 0.2) is 53.7 Å². The van der Waals surface area contributed by atoms with Crippen LogP contribution in [0.25, 0.3) is 0 Å². The van der Waals surface area contributed by atoms with Gasteiger partial charge in [-0.15, -0.1) is 0 Å². The highest BCUT2D eigenvalue weighted by molar-refractivity contribution is 7.90. The van der Waals surface area contributed by atoms with Gasteiger partial charge in [0.2, 0.25) is 0 Å². The van der Waals surface area contributed by atoms with E-state index in [1.165, 1.54) is 30.5 Å². The van der Waals surface area contributed by atoms with Crippen LogP contribution in [0.5, 0.6) is 0 Å². The molecular formula is C24H24F3N5O3S. The Kier molecular flexibility index (Phi) is 6.65. The second-order valence-electron chi connectivity index (χ2n) is 9.27. The van der Waals surface area contributed by atoms with Gasteiger partial charge in [-0.05, 0) is 50.5 Å². The van der Waals surface area contributed by atoms with Gasteiger partial charge in [-0.1, -0.05) is 13.0 Å². The van der Waals surface area contributed by atoms with Gasteiger partial charge in [0.15, 0.2) is 16.7 Å². The van der Waals surface area contributed by atoms with Crippen LogP contribution in [0.3, 0.4) is 0 Å². The molecule has 8 nitrogen and oxygen atoms in total. The number of sulfonamides is 1. The van der Waals surface area contributed by atoms with Crippen LogP contribution in [0, 0.1) is 23.4 Å². The van der Waals surface area contributed by atoms with Crippen molar-refractivity contribution in [1.29, 1.82) is 0 Å². The molecule has 1 aromatic carbocycles. The third kappa shape index (κ3) is 5.13. The highest BCUT2D eigenvalue weighted by Crippen LogP contribution is 2.37. The first-order chi connectivity index (χ1) is 16.9. The molecule has 1 aliphatic heterocycles. The number of carbonyl (C=O) groups is 1. The Labute approximate surface area is 206 Å². The van der Waals surface area contributed by atoms with Crippen molar-refractivity contribution in [2.75, 3.05) is 16.8 Å². The fourth-order valence-electron chi connectivity index (χ4n) is 4.37. The van der Waals surface area contributed by atoms with E-state index in [4.69, 9.17) is 0 Å². The highest BCUT2D eigenvalue weighted by atomic mass is 32.2. The fourth-order valence-corrected chi connectivity index (χ4v) is 5.30. The molecule has 0 spiro atoms. The van der Waals surface area contributed by atoms with Crippen molar-refractivity contribution >= 4 is 33.3 Å². The summed E-state index contributed by atoms with van der Waals surface area (Å²) in [6, 6.07) is 7.71. The van der Waals surface area contributed by atoms with Crippen molar-refractivity contribution in [3.8, 4) is 0 Å². The number of aromatic nitrogens is 2. The summed E-state index contributed by atoms with van der Waals surface area (Å²) in [6.07, 6.45) is 2.42. The highest BCUT2D eigenvalue weighted by Gasteiger charge is 2.39. The van der Waals surface area contributed by atoms with Gasteiger partial charge in [0.05, 0.1) is 11.3 Å². The van der Waals surface area contributed by atoms with Crippen molar-refractivity contribution in [2.45, 2.75) is 37.8 Å². The summed E-state index contributed by atoms with van der Waals surface area (Å²) in [4.78, 5) is 23.3. The molecule has 1 fully saturated rings. The number of nitrogens with zero attached hydrogens (tertiary/aromatic N) is 3. The molecule has 1 aliphatic rings. The molecule has 1 amide bonds. The van der Waals surface area contributed by atoms with Gasteiger partial charge in [0, 0.05) is 30.4 Å². The van der Waals surface area contributed by atoms with E-state index in [0.29, 0.717) is 30.4 Å².